The minimum atomic E-state index is -3.65. The Kier molecular flexibility index (Phi) is 6.70. The van der Waals surface area contributed by atoms with Crippen LogP contribution in [0.4, 0.5) is 10.5 Å². The van der Waals surface area contributed by atoms with Crippen LogP contribution in [0, 0.1) is 0 Å². The molecule has 0 bridgehead atoms. The molecule has 1 aliphatic rings. The summed E-state index contributed by atoms with van der Waals surface area (Å²) < 4.78 is 27.9. The van der Waals surface area contributed by atoms with Crippen LogP contribution in [-0.4, -0.2) is 32.4 Å². The minimum Gasteiger partial charge on any atom is -0.325 e. The van der Waals surface area contributed by atoms with E-state index in [0.717, 1.165) is 44.3 Å². The molecule has 3 rings (SSSR count). The number of hydrogen-bond acceptors (Lipinski definition) is 3. The van der Waals surface area contributed by atoms with Gasteiger partial charge in [-0.15, -0.1) is 0 Å². The fourth-order valence-electron chi connectivity index (χ4n) is 3.30. The Morgan fingerprint density at radius 1 is 0.929 bits per heavy atom. The van der Waals surface area contributed by atoms with Crippen LogP contribution in [0.3, 0.4) is 0 Å². The van der Waals surface area contributed by atoms with Crippen LogP contribution in [0.5, 0.6) is 0 Å². The highest BCUT2D eigenvalue weighted by Crippen LogP contribution is 2.19. The fraction of sp³-hybridized carbons (Fsp3) is 0.381. The molecule has 2 aromatic carbocycles. The van der Waals surface area contributed by atoms with E-state index in [1.807, 2.05) is 42.2 Å². The minimum absolute atomic E-state index is 0.131. The molecule has 0 unspecified atom stereocenters. The number of urea groups is 1. The molecule has 2 amide bonds. The third kappa shape index (κ3) is 5.33. The van der Waals surface area contributed by atoms with E-state index in [9.17, 15) is 13.2 Å². The second kappa shape index (κ2) is 9.21. The van der Waals surface area contributed by atoms with Crippen molar-refractivity contribution in [3.63, 3.8) is 0 Å². The lowest BCUT2D eigenvalue weighted by Gasteiger charge is -2.21. The normalized spacial score (nSPS) is 16.2. The molecule has 1 heterocycles. The summed E-state index contributed by atoms with van der Waals surface area (Å²) in [5.74, 6) is 0. The summed E-state index contributed by atoms with van der Waals surface area (Å²) in [5, 5.41) is 2.86. The summed E-state index contributed by atoms with van der Waals surface area (Å²) in [6.07, 6.45) is 4.36. The third-order valence-electron chi connectivity index (χ3n) is 4.94. The lowest BCUT2D eigenvalue weighted by molar-refractivity contribution is 0.214. The van der Waals surface area contributed by atoms with Gasteiger partial charge >= 0.3 is 6.03 Å². The van der Waals surface area contributed by atoms with Crippen molar-refractivity contribution in [1.82, 2.24) is 9.62 Å². The highest BCUT2D eigenvalue weighted by Gasteiger charge is 2.19. The first-order valence-electron chi connectivity index (χ1n) is 9.69. The predicted octanol–water partition coefficient (Wildman–Crippen LogP) is 4.13. The summed E-state index contributed by atoms with van der Waals surface area (Å²) in [4.78, 5) is 14.4. The number of nitrogens with one attached hydrogen (secondary N) is 2. The van der Waals surface area contributed by atoms with Crippen molar-refractivity contribution in [2.24, 2.45) is 0 Å². The van der Waals surface area contributed by atoms with E-state index in [-0.39, 0.29) is 17.0 Å². The van der Waals surface area contributed by atoms with Crippen molar-refractivity contribution in [3.8, 4) is 0 Å². The zero-order valence-corrected chi connectivity index (χ0v) is 16.9. The Bertz CT molecular complexity index is 875. The highest BCUT2D eigenvalue weighted by molar-refractivity contribution is 7.89. The van der Waals surface area contributed by atoms with Crippen molar-refractivity contribution < 1.29 is 13.2 Å². The second-order valence-corrected chi connectivity index (χ2v) is 8.82. The van der Waals surface area contributed by atoms with Crippen molar-refractivity contribution >= 4 is 21.7 Å². The van der Waals surface area contributed by atoms with Gasteiger partial charge in [-0.3, -0.25) is 0 Å². The van der Waals surface area contributed by atoms with Gasteiger partial charge in [0.1, 0.15) is 0 Å². The van der Waals surface area contributed by atoms with E-state index in [2.05, 4.69) is 10.0 Å². The zero-order chi connectivity index (χ0) is 20.0. The molecule has 0 spiro atoms. The van der Waals surface area contributed by atoms with Crippen LogP contribution in [0.1, 0.15) is 44.2 Å². The number of anilines is 1. The van der Waals surface area contributed by atoms with Gasteiger partial charge in [0, 0.05) is 24.8 Å². The number of amides is 2. The molecule has 28 heavy (non-hydrogen) atoms. The summed E-state index contributed by atoms with van der Waals surface area (Å²) in [7, 11) is -3.65. The van der Waals surface area contributed by atoms with E-state index >= 15 is 0 Å². The molecule has 0 aromatic heterocycles. The monoisotopic (exact) mass is 401 g/mol. The number of likely N-dealkylation sites (tertiary alicyclic amines) is 1. The first-order chi connectivity index (χ1) is 13.5. The lowest BCUT2D eigenvalue weighted by atomic mass is 10.1. The number of hydrogen-bond donors (Lipinski definition) is 2. The highest BCUT2D eigenvalue weighted by atomic mass is 32.2. The fourth-order valence-corrected chi connectivity index (χ4v) is 4.54. The molecule has 2 N–H and O–H groups in total. The van der Waals surface area contributed by atoms with Gasteiger partial charge in [0.15, 0.2) is 0 Å². The number of sulfonamides is 1. The largest absolute Gasteiger partial charge is 0.325 e. The van der Waals surface area contributed by atoms with Gasteiger partial charge in [-0.05, 0) is 49.6 Å². The smallest absolute Gasteiger partial charge is 0.321 e. The number of nitrogens with zero attached hydrogens (tertiary/aromatic N) is 1. The SMILES string of the molecule is C[C@@H](NS(=O)(=O)c1ccc(NC(=O)N2CCCCCC2)cc1)c1ccccc1. The average Bonchev–Trinajstić information content (AvgIpc) is 2.98. The van der Waals surface area contributed by atoms with Gasteiger partial charge < -0.3 is 10.2 Å². The van der Waals surface area contributed by atoms with Crippen LogP contribution < -0.4 is 10.0 Å². The molecular weight excluding hydrogens is 374 g/mol. The summed E-state index contributed by atoms with van der Waals surface area (Å²) in [5.41, 5.74) is 1.48. The van der Waals surface area contributed by atoms with Crippen LogP contribution in [0.15, 0.2) is 59.5 Å². The van der Waals surface area contributed by atoms with E-state index in [1.165, 1.54) is 12.1 Å². The Labute approximate surface area is 167 Å². The van der Waals surface area contributed by atoms with Gasteiger partial charge in [0.05, 0.1) is 4.90 Å². The molecule has 0 saturated carbocycles. The molecular formula is C21H27N3O3S. The maximum absolute atomic E-state index is 12.6. The summed E-state index contributed by atoms with van der Waals surface area (Å²) >= 11 is 0. The molecule has 1 fully saturated rings. The van der Waals surface area contributed by atoms with E-state index in [0.29, 0.717) is 5.69 Å². The van der Waals surface area contributed by atoms with Crippen LogP contribution in [0.2, 0.25) is 0 Å². The molecule has 0 aliphatic carbocycles. The van der Waals surface area contributed by atoms with E-state index < -0.39 is 10.0 Å². The van der Waals surface area contributed by atoms with Gasteiger partial charge in [-0.2, -0.15) is 0 Å². The second-order valence-electron chi connectivity index (χ2n) is 7.11. The average molecular weight is 402 g/mol. The van der Waals surface area contributed by atoms with Crippen LogP contribution >= 0.6 is 0 Å². The van der Waals surface area contributed by atoms with Crippen LogP contribution in [-0.2, 0) is 10.0 Å². The van der Waals surface area contributed by atoms with E-state index in [1.54, 1.807) is 12.1 Å². The molecule has 2 aromatic rings. The molecule has 7 heteroatoms. The lowest BCUT2D eigenvalue weighted by Crippen LogP contribution is -2.35. The predicted molar refractivity (Wildman–Crippen MR) is 111 cm³/mol. The van der Waals surface area contributed by atoms with Gasteiger partial charge in [0.25, 0.3) is 0 Å². The first kappa shape index (κ1) is 20.4. The molecule has 6 nitrogen and oxygen atoms in total. The Morgan fingerprint density at radius 2 is 1.54 bits per heavy atom. The molecule has 1 saturated heterocycles. The van der Waals surface area contributed by atoms with Crippen molar-refractivity contribution in [1.29, 1.82) is 0 Å². The summed E-state index contributed by atoms with van der Waals surface area (Å²) in [6, 6.07) is 15.2. The number of benzene rings is 2. The van der Waals surface area contributed by atoms with E-state index in [4.69, 9.17) is 0 Å². The van der Waals surface area contributed by atoms with Crippen molar-refractivity contribution in [2.75, 3.05) is 18.4 Å². The van der Waals surface area contributed by atoms with Crippen molar-refractivity contribution in [2.45, 2.75) is 43.5 Å². The van der Waals surface area contributed by atoms with Crippen molar-refractivity contribution in [3.05, 3.63) is 60.2 Å². The number of rotatable bonds is 5. The molecule has 150 valence electrons. The quantitative estimate of drug-likeness (QED) is 0.790. The summed E-state index contributed by atoms with van der Waals surface area (Å²) in [6.45, 7) is 3.34. The van der Waals surface area contributed by atoms with Crippen LogP contribution in [0.25, 0.3) is 0 Å². The topological polar surface area (TPSA) is 78.5 Å². The maximum atomic E-state index is 12.6. The molecule has 0 radical (unpaired) electrons. The Hall–Kier alpha value is -2.38. The molecule has 1 aliphatic heterocycles. The van der Waals surface area contributed by atoms with Gasteiger partial charge in [-0.1, -0.05) is 43.2 Å². The first-order valence-corrected chi connectivity index (χ1v) is 11.2. The zero-order valence-electron chi connectivity index (χ0n) is 16.1. The number of carbonyl (C=O) groups excluding carboxylic acids is 1. The molecule has 1 atom stereocenters. The van der Waals surface area contributed by atoms with Gasteiger partial charge in [0.2, 0.25) is 10.0 Å². The van der Waals surface area contributed by atoms with Gasteiger partial charge in [-0.25, -0.2) is 17.9 Å². The number of carbonyl (C=O) groups is 1. The third-order valence-corrected chi connectivity index (χ3v) is 6.50. The Balaban J connectivity index is 1.63. The maximum Gasteiger partial charge on any atom is 0.321 e. The Morgan fingerprint density at radius 3 is 2.14 bits per heavy atom. The standard InChI is InChI=1S/C21H27N3O3S/c1-17(18-9-5-4-6-10-18)23-28(26,27)20-13-11-19(12-14-20)22-21(25)24-15-7-2-3-8-16-24/h4-6,9-14,17,23H,2-3,7-8,15-16H2,1H3,(H,22,25)/t17-/m1/s1.